The van der Waals surface area contributed by atoms with Gasteiger partial charge in [-0.05, 0) is 6.42 Å². The van der Waals surface area contributed by atoms with E-state index in [1.807, 2.05) is 0 Å². The van der Waals surface area contributed by atoms with Crippen LogP contribution in [0.25, 0.3) is 0 Å². The molecule has 1 aromatic rings. The number of aromatic hydroxyl groups is 3. The second-order valence-corrected chi connectivity index (χ2v) is 7.94. The van der Waals surface area contributed by atoms with Crippen LogP contribution in [0.15, 0.2) is 48.1 Å². The fourth-order valence-corrected chi connectivity index (χ4v) is 3.65. The Morgan fingerprint density at radius 2 is 1.22 bits per heavy atom. The Hall–Kier alpha value is -4.61. The number of nitrogens with zero attached hydrogens (tertiary/aromatic N) is 5. The van der Waals surface area contributed by atoms with Gasteiger partial charge in [-0.2, -0.15) is 0 Å². The molecule has 12 heteroatoms. The number of aliphatic imine (C=N–C) groups is 5. The van der Waals surface area contributed by atoms with Gasteiger partial charge >= 0.3 is 0 Å². The fourth-order valence-electron chi connectivity index (χ4n) is 3.65. The minimum absolute atomic E-state index is 0.0177. The SMILES string of the molecule is O=C1C2=CNCCN=Cc3c(O)c4c(O)c(c3O)C=NCCN=CC(=C2O)C(=O)C1=NCCCN=C4. The molecule has 1 aromatic carbocycles. The highest BCUT2D eigenvalue weighted by molar-refractivity contribution is 6.75. The zero-order valence-electron chi connectivity index (χ0n) is 19.2. The van der Waals surface area contributed by atoms with Crippen molar-refractivity contribution in [1.29, 1.82) is 0 Å². The van der Waals surface area contributed by atoms with E-state index >= 15 is 0 Å². The summed E-state index contributed by atoms with van der Waals surface area (Å²) >= 11 is 0. The van der Waals surface area contributed by atoms with Crippen molar-refractivity contribution in [2.45, 2.75) is 6.42 Å². The number of nitrogens with one attached hydrogen (secondary N) is 1. The number of carbonyl (C=O) groups excluding carboxylic acids is 2. The van der Waals surface area contributed by atoms with Gasteiger partial charge < -0.3 is 25.7 Å². The Bertz CT molecular complexity index is 1310. The predicted octanol–water partition coefficient (Wildman–Crippen LogP) is 0.427. The van der Waals surface area contributed by atoms with E-state index in [4.69, 9.17) is 0 Å². The van der Waals surface area contributed by atoms with Crippen molar-refractivity contribution in [3.8, 4) is 17.2 Å². The van der Waals surface area contributed by atoms with Crippen LogP contribution in [-0.4, -0.2) is 102 Å². The van der Waals surface area contributed by atoms with Crippen LogP contribution in [-0.2, 0) is 9.59 Å². The van der Waals surface area contributed by atoms with Gasteiger partial charge in [-0.15, -0.1) is 0 Å². The summed E-state index contributed by atoms with van der Waals surface area (Å²) in [5, 5.41) is 45.7. The summed E-state index contributed by atoms with van der Waals surface area (Å²) in [4.78, 5) is 46.7. The second-order valence-electron chi connectivity index (χ2n) is 7.94. The van der Waals surface area contributed by atoms with Crippen molar-refractivity contribution in [2.24, 2.45) is 25.0 Å². The number of aliphatic hydroxyl groups excluding tert-OH is 1. The minimum atomic E-state index is -0.729. The summed E-state index contributed by atoms with van der Waals surface area (Å²) in [6.07, 6.45) is 6.58. The Kier molecular flexibility index (Phi) is 7.33. The van der Waals surface area contributed by atoms with E-state index in [1.165, 1.54) is 31.1 Å². The average molecular weight is 492 g/mol. The predicted molar refractivity (Wildman–Crippen MR) is 135 cm³/mol. The third-order valence-corrected chi connectivity index (χ3v) is 5.55. The Morgan fingerprint density at radius 3 is 1.86 bits per heavy atom. The van der Waals surface area contributed by atoms with E-state index in [0.717, 1.165) is 0 Å². The summed E-state index contributed by atoms with van der Waals surface area (Å²) in [6, 6.07) is 0. The fraction of sp³-hybridized carbons (Fsp3) is 0.292. The average Bonchev–Trinajstić information content (AvgIpc) is 2.85. The van der Waals surface area contributed by atoms with Crippen LogP contribution in [0, 0.1) is 0 Å². The summed E-state index contributed by atoms with van der Waals surface area (Å²) in [6.45, 7) is 0.872. The number of rotatable bonds is 0. The topological polar surface area (TPSA) is 189 Å². The van der Waals surface area contributed by atoms with Gasteiger partial charge in [0.15, 0.2) is 5.71 Å². The molecule has 0 saturated carbocycles. The Morgan fingerprint density at radius 1 is 0.667 bits per heavy atom. The molecule has 4 aliphatic rings. The summed E-state index contributed by atoms with van der Waals surface area (Å²) < 4.78 is 0. The summed E-state index contributed by atoms with van der Waals surface area (Å²) in [7, 11) is 0. The highest BCUT2D eigenvalue weighted by atomic mass is 16.3. The highest BCUT2D eigenvalue weighted by Gasteiger charge is 2.36. The van der Waals surface area contributed by atoms with E-state index in [-0.39, 0.29) is 72.8 Å². The first-order valence-electron chi connectivity index (χ1n) is 11.2. The van der Waals surface area contributed by atoms with E-state index in [2.05, 4.69) is 30.3 Å². The van der Waals surface area contributed by atoms with Crippen molar-refractivity contribution in [3.05, 3.63) is 39.8 Å². The second kappa shape index (κ2) is 10.8. The maximum atomic E-state index is 12.9. The van der Waals surface area contributed by atoms with Crippen molar-refractivity contribution in [1.82, 2.24) is 5.32 Å². The van der Waals surface area contributed by atoms with Gasteiger partial charge in [-0.3, -0.25) is 34.6 Å². The molecule has 0 atom stereocenters. The van der Waals surface area contributed by atoms with Crippen LogP contribution < -0.4 is 5.32 Å². The lowest BCUT2D eigenvalue weighted by molar-refractivity contribution is -0.114. The van der Waals surface area contributed by atoms with Crippen LogP contribution in [0.5, 0.6) is 17.2 Å². The van der Waals surface area contributed by atoms with Gasteiger partial charge in [0, 0.05) is 50.7 Å². The lowest BCUT2D eigenvalue weighted by Gasteiger charge is -2.17. The number of Topliss-reactive ketones (excluding diaryl/α,β-unsaturated/α-hetero) is 2. The van der Waals surface area contributed by atoms with E-state index < -0.39 is 34.6 Å². The largest absolute Gasteiger partial charge is 0.506 e. The van der Waals surface area contributed by atoms with Crippen LogP contribution in [0.1, 0.15) is 23.1 Å². The first-order valence-corrected chi connectivity index (χ1v) is 11.2. The molecule has 0 spiro atoms. The number of hydrogen-bond donors (Lipinski definition) is 5. The van der Waals surface area contributed by atoms with Crippen LogP contribution >= 0.6 is 0 Å². The lowest BCUT2D eigenvalue weighted by Crippen LogP contribution is -2.35. The number of ketones is 2. The first-order chi connectivity index (χ1) is 17.4. The first kappa shape index (κ1) is 24.5. The molecule has 0 unspecified atom stereocenters. The van der Waals surface area contributed by atoms with Gasteiger partial charge in [0.2, 0.25) is 11.6 Å². The molecule has 12 nitrogen and oxygen atoms in total. The summed E-state index contributed by atoms with van der Waals surface area (Å²) in [5.41, 5.74) is -0.659. The van der Waals surface area contributed by atoms with Crippen molar-refractivity contribution >= 4 is 42.1 Å². The molecule has 0 amide bonds. The molecule has 0 fully saturated rings. The summed E-state index contributed by atoms with van der Waals surface area (Å²) in [5.74, 6) is -3.17. The van der Waals surface area contributed by atoms with Gasteiger partial charge in [0.05, 0.1) is 47.5 Å². The number of fused-ring (bicyclic) bond motifs is 11. The van der Waals surface area contributed by atoms with E-state index in [1.54, 1.807) is 0 Å². The molecule has 6 bridgehead atoms. The quantitative estimate of drug-likeness (QED) is 0.347. The van der Waals surface area contributed by atoms with Crippen molar-refractivity contribution in [2.75, 3.05) is 39.3 Å². The number of aliphatic hydroxyl groups is 1. The number of carbonyl (C=O) groups is 2. The van der Waals surface area contributed by atoms with Crippen molar-refractivity contribution < 1.29 is 30.0 Å². The molecule has 0 aromatic heterocycles. The molecule has 5 rings (SSSR count). The van der Waals surface area contributed by atoms with Gasteiger partial charge in [0.25, 0.3) is 0 Å². The smallest absolute Gasteiger partial charge is 0.220 e. The molecule has 36 heavy (non-hydrogen) atoms. The molecule has 186 valence electrons. The minimum Gasteiger partial charge on any atom is -0.506 e. The van der Waals surface area contributed by atoms with Gasteiger partial charge in [0.1, 0.15) is 23.0 Å². The zero-order valence-corrected chi connectivity index (χ0v) is 19.2. The third kappa shape index (κ3) is 4.78. The van der Waals surface area contributed by atoms with E-state index in [9.17, 15) is 30.0 Å². The number of phenolic OH excluding ortho intramolecular Hbond substituents is 3. The number of phenols is 3. The van der Waals surface area contributed by atoms with Crippen molar-refractivity contribution in [3.63, 3.8) is 0 Å². The Balaban J connectivity index is 1.90. The molecular weight excluding hydrogens is 468 g/mol. The molecule has 1 aliphatic carbocycles. The molecule has 3 heterocycles. The number of allylic oxidation sites excluding steroid dienone is 2. The Labute approximate surface area is 205 Å². The van der Waals surface area contributed by atoms with Gasteiger partial charge in [-0.25, -0.2) is 0 Å². The zero-order chi connectivity index (χ0) is 25.7. The lowest BCUT2D eigenvalue weighted by atomic mass is 9.90. The number of hydrogen-bond acceptors (Lipinski definition) is 12. The molecular formula is C24H24N6O6. The molecule has 0 radical (unpaired) electrons. The molecule has 3 aliphatic heterocycles. The van der Waals surface area contributed by atoms with Crippen LogP contribution in [0.4, 0.5) is 0 Å². The molecule has 5 N–H and O–H groups in total. The standard InChI is InChI=1S/C24H24N6O6/c31-19-13-8-25-2-1-3-30-18-23(35)16-11-28-6-4-26-9-14(19)21(33)15(20(13)32)10-27-5-7-29-12-17(22(16)34)24(18)36/h8-12,28,31-34H,1-7H2. The van der Waals surface area contributed by atoms with Gasteiger partial charge in [-0.1, -0.05) is 0 Å². The maximum absolute atomic E-state index is 12.9. The monoisotopic (exact) mass is 492 g/mol. The normalized spacial score (nSPS) is 18.9. The third-order valence-electron chi connectivity index (χ3n) is 5.55. The molecule has 0 saturated heterocycles. The van der Waals surface area contributed by atoms with Crippen LogP contribution in [0.3, 0.4) is 0 Å². The van der Waals surface area contributed by atoms with Crippen LogP contribution in [0.2, 0.25) is 0 Å². The highest BCUT2D eigenvalue weighted by Crippen LogP contribution is 2.39. The van der Waals surface area contributed by atoms with E-state index in [0.29, 0.717) is 6.42 Å². The maximum Gasteiger partial charge on any atom is 0.220 e. The number of benzene rings is 1.